The molecule has 0 aliphatic carbocycles. The molecule has 0 bridgehead atoms. The Morgan fingerprint density at radius 1 is 1.71 bits per heavy atom. The fraction of sp³-hybridized carbons (Fsp3) is 0.800. The summed E-state index contributed by atoms with van der Waals surface area (Å²) < 4.78 is 0. The molecule has 2 heteroatoms. The van der Waals surface area contributed by atoms with Gasteiger partial charge in [-0.25, -0.2) is 0 Å². The predicted octanol–water partition coefficient (Wildman–Crippen LogP) is 0.239. The van der Waals surface area contributed by atoms with E-state index < -0.39 is 0 Å². The molecule has 0 unspecified atom stereocenters. The average molecular weight is 102 g/mol. The first-order chi connectivity index (χ1) is 3.30. The second-order valence-electron chi connectivity index (χ2n) is 1.92. The molecule has 0 aromatic heterocycles. The van der Waals surface area contributed by atoms with Crippen LogP contribution in [0.25, 0.3) is 0 Å². The third kappa shape index (κ3) is 0.734. The van der Waals surface area contributed by atoms with Crippen molar-refractivity contribution in [1.82, 2.24) is 4.90 Å². The van der Waals surface area contributed by atoms with Crippen molar-refractivity contribution in [3.63, 3.8) is 0 Å². The molecule has 0 radical (unpaired) electrons. The molecule has 7 heavy (non-hydrogen) atoms. The van der Waals surface area contributed by atoms with Crippen molar-refractivity contribution in [3.05, 3.63) is 0 Å². The van der Waals surface area contributed by atoms with Gasteiger partial charge in [-0.2, -0.15) is 0 Å². The van der Waals surface area contributed by atoms with E-state index in [9.17, 15) is 4.79 Å². The quantitative estimate of drug-likeness (QED) is 0.401. The average Bonchev–Trinajstić information content (AvgIpc) is 1.91. The van der Waals surface area contributed by atoms with Gasteiger partial charge in [0.2, 0.25) is 5.91 Å². The van der Waals surface area contributed by atoms with Crippen molar-refractivity contribution in [1.29, 1.82) is 0 Å². The van der Waals surface area contributed by atoms with Crippen LogP contribution >= 0.6 is 0 Å². The van der Waals surface area contributed by atoms with E-state index in [1.807, 2.05) is 7.05 Å². The van der Waals surface area contributed by atoms with Crippen LogP contribution in [0.1, 0.15) is 12.8 Å². The van der Waals surface area contributed by atoms with Gasteiger partial charge in [0.05, 0.1) is 0 Å². The van der Waals surface area contributed by atoms with E-state index in [1.54, 1.807) is 4.90 Å². The summed E-state index contributed by atoms with van der Waals surface area (Å²) in [6.45, 7) is 0.957. The van der Waals surface area contributed by atoms with Gasteiger partial charge in [0, 0.05) is 20.0 Å². The van der Waals surface area contributed by atoms with Gasteiger partial charge >= 0.3 is 0 Å². The van der Waals surface area contributed by atoms with Crippen molar-refractivity contribution >= 4 is 5.91 Å². The normalized spacial score (nSPS) is 21.3. The zero-order valence-electron chi connectivity index (χ0n) is 4.48. The molecule has 0 N–H and O–H groups in total. The van der Waals surface area contributed by atoms with E-state index in [4.69, 9.17) is 0 Å². The minimum absolute atomic E-state index is 0.292. The molecule has 0 aromatic rings. The van der Waals surface area contributed by atoms with Crippen LogP contribution in [0.4, 0.5) is 0 Å². The van der Waals surface area contributed by atoms with E-state index in [0.29, 0.717) is 5.91 Å². The van der Waals surface area contributed by atoms with Crippen molar-refractivity contribution in [3.8, 4) is 0 Å². The van der Waals surface area contributed by atoms with Crippen molar-refractivity contribution in [2.75, 3.05) is 13.6 Å². The molecule has 2 nitrogen and oxygen atoms in total. The van der Waals surface area contributed by atoms with Crippen LogP contribution in [-0.4, -0.2) is 24.4 Å². The summed E-state index contributed by atoms with van der Waals surface area (Å²) in [5.74, 6) is 0.292. The largest absolute Gasteiger partial charge is 0.346 e. The van der Waals surface area contributed by atoms with Crippen LogP contribution in [0.5, 0.6) is 0 Å². The predicted molar refractivity (Wildman–Crippen MR) is 26.9 cm³/mol. The van der Waals surface area contributed by atoms with Gasteiger partial charge in [-0.1, -0.05) is 0 Å². The lowest BCUT2D eigenvalue weighted by molar-refractivity contribution is -0.126. The number of hydrogen-bond acceptors (Lipinski definition) is 1. The lowest BCUT2D eigenvalue weighted by atomic mass is 10.6. The first kappa shape index (κ1) is 4.62. The van der Waals surface area contributed by atoms with Crippen molar-refractivity contribution in [2.24, 2.45) is 0 Å². The summed E-state index contributed by atoms with van der Waals surface area (Å²) in [4.78, 5) is 12.3. The number of hydrogen-bond donors (Lipinski definition) is 0. The molecule has 0 atom stereocenters. The Hall–Kier alpha value is -0.530. The Bertz CT molecular complexity index is 90.1. The van der Waals surface area contributed by atoms with Gasteiger partial charge in [0.25, 0.3) is 0 Å². The van der Waals surface area contributed by atoms with Crippen LogP contribution < -0.4 is 0 Å². The maximum atomic E-state index is 10.5. The van der Waals surface area contributed by atoms with Gasteiger partial charge < -0.3 is 4.90 Å². The molecule has 1 amide bonds. The van der Waals surface area contributed by atoms with E-state index in [1.165, 1.54) is 0 Å². The Labute approximate surface area is 43.1 Å². The summed E-state index contributed by atoms with van der Waals surface area (Å²) in [5, 5.41) is 0. The first-order valence-corrected chi connectivity index (χ1v) is 2.54. The molecular weight excluding hydrogens is 93.0 g/mol. The van der Waals surface area contributed by atoms with Crippen LogP contribution in [0, 0.1) is 0 Å². The minimum Gasteiger partial charge on any atom is -0.346 e. The fourth-order valence-electron chi connectivity index (χ4n) is 0.783. The zero-order chi connectivity index (χ0) is 5.28. The highest BCUT2D eigenvalue weighted by molar-refractivity contribution is 5.77. The monoisotopic (exact) mass is 102 g/mol. The summed E-state index contributed by atoms with van der Waals surface area (Å²) in [6, 6.07) is 0. The Morgan fingerprint density at radius 2 is 2.43 bits per heavy atom. The maximum absolute atomic E-state index is 10.5. The third-order valence-corrected chi connectivity index (χ3v) is 1.31. The third-order valence-electron chi connectivity index (χ3n) is 1.31. The van der Waals surface area contributed by atoms with E-state index in [-0.39, 0.29) is 0 Å². The summed E-state index contributed by atoms with van der Waals surface area (Å²) in [6.07, 6.45) is 1.81. The molecule has 1 rings (SSSR count). The Morgan fingerprint density at radius 3 is 2.57 bits per heavy atom. The summed E-state index contributed by atoms with van der Waals surface area (Å²) in [5.41, 5.74) is 0. The Balaban J connectivity index is 2.48. The molecule has 1 saturated heterocycles. The lowest BCUT2D eigenvalue weighted by Crippen LogP contribution is -2.17. The number of carbonyl (C=O) groups is 1. The van der Waals surface area contributed by atoms with E-state index >= 15 is 0 Å². The molecular formula is C5H9NO. The van der Waals surface area contributed by atoms with Crippen LogP contribution in [0.2, 0.25) is 0 Å². The highest BCUT2D eigenvalue weighted by atomic mass is 16.2. The van der Waals surface area contributed by atoms with Gasteiger partial charge in [-0.3, -0.25) is 4.79 Å². The second kappa shape index (κ2) is 1.52. The van der Waals surface area contributed by atoms with Gasteiger partial charge in [0.1, 0.15) is 0 Å². The summed E-state index contributed by atoms with van der Waals surface area (Å²) >= 11 is 0. The van der Waals surface area contributed by atoms with Crippen molar-refractivity contribution < 1.29 is 4.79 Å². The number of likely N-dealkylation sites (tertiary alicyclic amines) is 1. The number of carbonyl (C=O) groups excluding carboxylic acids is 1. The molecule has 40 valence electrons. The second-order valence-corrected chi connectivity index (χ2v) is 1.92. The SMILES string of the molecule is [13CH3]N1[13CH2]CC[13C]1=O. The van der Waals surface area contributed by atoms with E-state index in [0.717, 1.165) is 19.4 Å². The molecule has 0 aromatic carbocycles. The first-order valence-electron chi connectivity index (χ1n) is 2.54. The molecule has 1 aliphatic heterocycles. The van der Waals surface area contributed by atoms with E-state index in [2.05, 4.69) is 0 Å². The number of rotatable bonds is 0. The van der Waals surface area contributed by atoms with Crippen LogP contribution in [0.15, 0.2) is 0 Å². The van der Waals surface area contributed by atoms with Gasteiger partial charge in [0.15, 0.2) is 0 Å². The molecule has 1 fully saturated rings. The number of nitrogens with zero attached hydrogens (tertiary/aromatic N) is 1. The highest BCUT2D eigenvalue weighted by Gasteiger charge is 2.14. The summed E-state index contributed by atoms with van der Waals surface area (Å²) in [7, 11) is 1.84. The van der Waals surface area contributed by atoms with Gasteiger partial charge in [-0.15, -0.1) is 0 Å². The molecule has 1 aliphatic rings. The molecule has 1 heterocycles. The smallest absolute Gasteiger partial charge is 0.222 e. The number of amides is 1. The minimum atomic E-state index is 0.292. The standard InChI is InChI=1S/C5H9NO/c1-6-4-2-3-5(6)7/h2-4H2,1H3/i1+1,4+1,5+1. The lowest BCUT2D eigenvalue weighted by Gasteiger charge is -2.03. The van der Waals surface area contributed by atoms with Crippen LogP contribution in [-0.2, 0) is 4.79 Å². The Kier molecular flexibility index (Phi) is 1.01. The zero-order valence-corrected chi connectivity index (χ0v) is 4.48. The molecule has 0 spiro atoms. The maximum Gasteiger partial charge on any atom is 0.222 e. The highest BCUT2D eigenvalue weighted by Crippen LogP contribution is 2.04. The molecule has 0 saturated carbocycles. The fourth-order valence-corrected chi connectivity index (χ4v) is 0.783. The van der Waals surface area contributed by atoms with Crippen LogP contribution in [0.3, 0.4) is 0 Å². The van der Waals surface area contributed by atoms with Gasteiger partial charge in [-0.05, 0) is 6.42 Å². The topological polar surface area (TPSA) is 20.3 Å². The van der Waals surface area contributed by atoms with Crippen molar-refractivity contribution in [2.45, 2.75) is 12.8 Å².